The van der Waals surface area contributed by atoms with E-state index in [9.17, 15) is 18.8 Å². The summed E-state index contributed by atoms with van der Waals surface area (Å²) in [5.41, 5.74) is 1.02. The summed E-state index contributed by atoms with van der Waals surface area (Å²) >= 11 is 7.55. The third kappa shape index (κ3) is 4.87. The molecule has 2 aliphatic rings. The number of amides is 1. The second-order valence-electron chi connectivity index (χ2n) is 6.52. The maximum atomic E-state index is 12.9. The fourth-order valence-corrected chi connectivity index (χ4v) is 4.08. The molecule has 0 bridgehead atoms. The number of nitrogens with zero attached hydrogens (tertiary/aromatic N) is 4. The van der Waals surface area contributed by atoms with Gasteiger partial charge in [-0.05, 0) is 12.2 Å². The van der Waals surface area contributed by atoms with E-state index >= 15 is 0 Å². The van der Waals surface area contributed by atoms with Gasteiger partial charge in [0.1, 0.15) is 5.69 Å². The Morgan fingerprint density at radius 2 is 2.32 bits per heavy atom. The first kappa shape index (κ1) is 20.7. The normalized spacial score (nSPS) is 19.9. The van der Waals surface area contributed by atoms with Gasteiger partial charge in [-0.2, -0.15) is 16.9 Å². The first-order chi connectivity index (χ1) is 13.3. The molecular weight excluding hydrogens is 410 g/mol. The van der Waals surface area contributed by atoms with Crippen LogP contribution in [0.15, 0.2) is 24.5 Å². The lowest BCUT2D eigenvalue weighted by molar-refractivity contribution is -0.118. The molecule has 150 valence electrons. The average molecular weight is 429 g/mol. The number of halogens is 3. The van der Waals surface area contributed by atoms with Gasteiger partial charge in [0.05, 0.1) is 25.0 Å². The molecular formula is C18H19ClF2N4O2S. The Morgan fingerprint density at radius 3 is 2.96 bits per heavy atom. The smallest absolute Gasteiger partial charge is 0.252 e. The largest absolute Gasteiger partial charge is 0.296 e. The van der Waals surface area contributed by atoms with Crippen molar-refractivity contribution in [2.24, 2.45) is 5.92 Å². The zero-order valence-electron chi connectivity index (χ0n) is 14.9. The van der Waals surface area contributed by atoms with Crippen molar-refractivity contribution >= 4 is 40.7 Å². The molecule has 0 aromatic carbocycles. The number of rotatable bonds is 8. The summed E-state index contributed by atoms with van der Waals surface area (Å²) in [5, 5.41) is 14.9. The second-order valence-corrected chi connectivity index (χ2v) is 8.03. The standard InChI is InChI=1S/C18H19ClF2N4O2S/c1-2-6-24(16(26)5-8-28-12-13-9-18(13,20)21)15-11-25(22-17(15)19)14-4-3-7-23(27)10-14/h1,3-4,7,11,13,27H,5-6,8-10,12H2. The van der Waals surface area contributed by atoms with Gasteiger partial charge in [0.25, 0.3) is 5.92 Å². The van der Waals surface area contributed by atoms with Crippen LogP contribution in [0, 0.1) is 18.3 Å². The highest BCUT2D eigenvalue weighted by Crippen LogP contribution is 2.50. The van der Waals surface area contributed by atoms with Crippen molar-refractivity contribution in [2.75, 3.05) is 29.5 Å². The van der Waals surface area contributed by atoms with Crippen LogP contribution in [-0.4, -0.2) is 56.5 Å². The Labute approximate surface area is 170 Å². The lowest BCUT2D eigenvalue weighted by Gasteiger charge is -2.19. The van der Waals surface area contributed by atoms with Gasteiger partial charge in [-0.3, -0.25) is 20.0 Å². The van der Waals surface area contributed by atoms with Gasteiger partial charge in [-0.15, -0.1) is 6.42 Å². The minimum absolute atomic E-state index is 0.0146. The van der Waals surface area contributed by atoms with E-state index in [-0.39, 0.29) is 37.0 Å². The number of allylic oxidation sites excluding steroid dienone is 2. The van der Waals surface area contributed by atoms with E-state index in [0.29, 0.717) is 22.9 Å². The fraction of sp³-hybridized carbons (Fsp3) is 0.444. The average Bonchev–Trinajstić information content (AvgIpc) is 3.07. The molecule has 1 aliphatic heterocycles. The van der Waals surface area contributed by atoms with Crippen molar-refractivity contribution in [3.8, 4) is 12.3 Å². The lowest BCUT2D eigenvalue weighted by Crippen LogP contribution is -2.31. The SMILES string of the molecule is C#CCN(C(=O)CCSCC1CC1(F)F)c1cn(C2=CC=CN(O)C2)nc1Cl. The first-order valence-electron chi connectivity index (χ1n) is 8.59. The van der Waals surface area contributed by atoms with E-state index in [2.05, 4.69) is 11.0 Å². The molecule has 0 spiro atoms. The van der Waals surface area contributed by atoms with Crippen LogP contribution >= 0.6 is 23.4 Å². The molecule has 1 fully saturated rings. The zero-order valence-corrected chi connectivity index (χ0v) is 16.5. The predicted molar refractivity (Wildman–Crippen MR) is 105 cm³/mol. The van der Waals surface area contributed by atoms with E-state index in [1.165, 1.54) is 27.5 Å². The van der Waals surface area contributed by atoms with Crippen LogP contribution in [0.4, 0.5) is 14.5 Å². The molecule has 0 saturated heterocycles. The first-order valence-corrected chi connectivity index (χ1v) is 10.1. The van der Waals surface area contributed by atoms with Crippen LogP contribution in [-0.2, 0) is 4.79 Å². The summed E-state index contributed by atoms with van der Waals surface area (Å²) in [6.07, 6.45) is 12.0. The highest BCUT2D eigenvalue weighted by Gasteiger charge is 2.56. The lowest BCUT2D eigenvalue weighted by atomic mass is 10.3. The third-order valence-corrected chi connectivity index (χ3v) is 5.79. The quantitative estimate of drug-likeness (QED) is 0.508. The van der Waals surface area contributed by atoms with E-state index in [0.717, 1.165) is 5.06 Å². The minimum Gasteiger partial charge on any atom is -0.296 e. The number of carbonyl (C=O) groups is 1. The van der Waals surface area contributed by atoms with Gasteiger partial charge in [-0.1, -0.05) is 17.5 Å². The van der Waals surface area contributed by atoms with Gasteiger partial charge in [0, 0.05) is 36.5 Å². The molecule has 1 unspecified atom stereocenters. The van der Waals surface area contributed by atoms with Gasteiger partial charge < -0.3 is 0 Å². The van der Waals surface area contributed by atoms with Crippen molar-refractivity contribution in [3.63, 3.8) is 0 Å². The molecule has 1 amide bonds. The number of aromatic nitrogens is 2. The third-order valence-electron chi connectivity index (χ3n) is 4.39. The molecule has 0 radical (unpaired) electrons. The molecule has 10 heteroatoms. The predicted octanol–water partition coefficient (Wildman–Crippen LogP) is 3.34. The maximum Gasteiger partial charge on any atom is 0.252 e. The van der Waals surface area contributed by atoms with E-state index in [1.807, 2.05) is 0 Å². The summed E-state index contributed by atoms with van der Waals surface area (Å²) in [5.74, 6) is -0.178. The summed E-state index contributed by atoms with van der Waals surface area (Å²) in [4.78, 5) is 14.0. The number of terminal acetylenes is 1. The minimum atomic E-state index is -2.54. The topological polar surface area (TPSA) is 61.6 Å². The molecule has 1 N–H and O–H groups in total. The van der Waals surface area contributed by atoms with E-state index in [1.54, 1.807) is 18.3 Å². The van der Waals surface area contributed by atoms with Gasteiger partial charge in [0.2, 0.25) is 5.91 Å². The number of anilines is 1. The summed E-state index contributed by atoms with van der Waals surface area (Å²) in [6.45, 7) is 0.222. The van der Waals surface area contributed by atoms with Crippen LogP contribution in [0.1, 0.15) is 12.8 Å². The zero-order chi connectivity index (χ0) is 20.3. The molecule has 1 aromatic heterocycles. The molecule has 28 heavy (non-hydrogen) atoms. The molecule has 1 saturated carbocycles. The van der Waals surface area contributed by atoms with Crippen LogP contribution < -0.4 is 4.90 Å². The monoisotopic (exact) mass is 428 g/mol. The van der Waals surface area contributed by atoms with Gasteiger partial charge in [0.15, 0.2) is 5.15 Å². The van der Waals surface area contributed by atoms with Crippen LogP contribution in [0.25, 0.3) is 5.70 Å². The Hall–Kier alpha value is -2.02. The van der Waals surface area contributed by atoms with Crippen LogP contribution in [0.2, 0.25) is 5.15 Å². The summed E-state index contributed by atoms with van der Waals surface area (Å²) in [7, 11) is 0. The van der Waals surface area contributed by atoms with Crippen molar-refractivity contribution in [3.05, 3.63) is 29.7 Å². The van der Waals surface area contributed by atoms with E-state index < -0.39 is 11.8 Å². The summed E-state index contributed by atoms with van der Waals surface area (Å²) in [6, 6.07) is 0. The number of alkyl halides is 2. The highest BCUT2D eigenvalue weighted by molar-refractivity contribution is 7.99. The Bertz CT molecular complexity index is 849. The van der Waals surface area contributed by atoms with Crippen LogP contribution in [0.3, 0.4) is 0 Å². The number of hydrogen-bond acceptors (Lipinski definition) is 5. The number of hydrogen-bond donors (Lipinski definition) is 1. The molecule has 1 aromatic rings. The van der Waals surface area contributed by atoms with Crippen molar-refractivity contribution in [2.45, 2.75) is 18.8 Å². The van der Waals surface area contributed by atoms with Gasteiger partial charge >= 0.3 is 0 Å². The number of thioether (sulfide) groups is 1. The Kier molecular flexibility index (Phi) is 6.33. The molecule has 2 heterocycles. The maximum absolute atomic E-state index is 12.9. The van der Waals surface area contributed by atoms with Gasteiger partial charge in [-0.25, -0.2) is 13.5 Å². The van der Waals surface area contributed by atoms with E-state index in [4.69, 9.17) is 18.0 Å². The fourth-order valence-electron chi connectivity index (χ4n) is 2.72. The second kappa shape index (κ2) is 8.55. The molecule has 6 nitrogen and oxygen atoms in total. The molecule has 1 atom stereocenters. The van der Waals surface area contributed by atoms with Crippen molar-refractivity contribution < 1.29 is 18.8 Å². The molecule has 3 rings (SSSR count). The Morgan fingerprint density at radius 1 is 1.57 bits per heavy atom. The van der Waals surface area contributed by atoms with Crippen molar-refractivity contribution in [1.29, 1.82) is 0 Å². The summed E-state index contributed by atoms with van der Waals surface area (Å²) < 4.78 is 27.3. The number of hydroxylamine groups is 2. The van der Waals surface area contributed by atoms with Crippen molar-refractivity contribution in [1.82, 2.24) is 14.8 Å². The highest BCUT2D eigenvalue weighted by atomic mass is 35.5. The Balaban J connectivity index is 1.63. The molecule has 1 aliphatic carbocycles. The van der Waals surface area contributed by atoms with Crippen LogP contribution in [0.5, 0.6) is 0 Å². The number of carbonyl (C=O) groups excluding carboxylic acids is 1.